The minimum absolute atomic E-state index is 0.431. The molecule has 4 heteroatoms. The molecule has 0 spiro atoms. The lowest BCUT2D eigenvalue weighted by Gasteiger charge is -2.28. The van der Waals surface area contributed by atoms with Crippen LogP contribution in [0.4, 0.5) is 11.5 Å². The van der Waals surface area contributed by atoms with E-state index in [1.807, 2.05) is 18.2 Å². The Morgan fingerprint density at radius 1 is 1.32 bits per heavy atom. The van der Waals surface area contributed by atoms with Crippen molar-refractivity contribution in [1.29, 1.82) is 0 Å². The van der Waals surface area contributed by atoms with Crippen LogP contribution in [0.1, 0.15) is 26.7 Å². The molecule has 0 aliphatic heterocycles. The van der Waals surface area contributed by atoms with Crippen molar-refractivity contribution in [2.24, 2.45) is 5.92 Å². The first-order chi connectivity index (χ1) is 9.15. The molecule has 0 radical (unpaired) electrons. The van der Waals surface area contributed by atoms with Crippen LogP contribution < -0.4 is 10.6 Å². The molecule has 100 valence electrons. The van der Waals surface area contributed by atoms with Crippen LogP contribution in [0.3, 0.4) is 0 Å². The van der Waals surface area contributed by atoms with Gasteiger partial charge in [0.1, 0.15) is 12.1 Å². The summed E-state index contributed by atoms with van der Waals surface area (Å²) in [4.78, 5) is 11.2. The van der Waals surface area contributed by atoms with E-state index in [2.05, 4.69) is 28.7 Å². The van der Waals surface area contributed by atoms with Crippen LogP contribution in [0.5, 0.6) is 0 Å². The average Bonchev–Trinajstić information content (AvgIpc) is 3.19. The summed E-state index contributed by atoms with van der Waals surface area (Å²) in [5.41, 5.74) is 7.63. The largest absolute Gasteiger partial charge is 0.399 e. The number of hydrogen-bond acceptors (Lipinski definition) is 4. The highest BCUT2D eigenvalue weighted by Crippen LogP contribution is 2.34. The van der Waals surface area contributed by atoms with Crippen LogP contribution in [0.15, 0.2) is 24.5 Å². The highest BCUT2D eigenvalue weighted by molar-refractivity contribution is 5.91. The van der Waals surface area contributed by atoms with Gasteiger partial charge < -0.3 is 10.6 Å². The normalized spacial score (nSPS) is 15.1. The van der Waals surface area contributed by atoms with Crippen LogP contribution in [-0.4, -0.2) is 22.6 Å². The number of aromatic nitrogens is 2. The van der Waals surface area contributed by atoms with Crippen molar-refractivity contribution in [3.63, 3.8) is 0 Å². The molecule has 0 saturated heterocycles. The van der Waals surface area contributed by atoms with E-state index >= 15 is 0 Å². The first-order valence-electron chi connectivity index (χ1n) is 6.92. The molecule has 0 unspecified atom stereocenters. The Morgan fingerprint density at radius 3 is 2.79 bits per heavy atom. The van der Waals surface area contributed by atoms with Crippen LogP contribution in [0.2, 0.25) is 0 Å². The Kier molecular flexibility index (Phi) is 3.01. The Hall–Kier alpha value is -1.84. The van der Waals surface area contributed by atoms with Gasteiger partial charge in [-0.25, -0.2) is 9.97 Å². The van der Waals surface area contributed by atoms with E-state index in [1.165, 1.54) is 12.8 Å². The van der Waals surface area contributed by atoms with Gasteiger partial charge in [0.2, 0.25) is 0 Å². The van der Waals surface area contributed by atoms with Crippen LogP contribution in [0, 0.1) is 5.92 Å². The topological polar surface area (TPSA) is 55.0 Å². The number of hydrogen-bond donors (Lipinski definition) is 1. The van der Waals surface area contributed by atoms with E-state index in [9.17, 15) is 0 Å². The average molecular weight is 256 g/mol. The maximum atomic E-state index is 5.91. The summed E-state index contributed by atoms with van der Waals surface area (Å²) < 4.78 is 0. The predicted octanol–water partition coefficient (Wildman–Crippen LogP) is 2.84. The van der Waals surface area contributed by atoms with Crippen molar-refractivity contribution in [2.45, 2.75) is 32.7 Å². The number of anilines is 2. The van der Waals surface area contributed by atoms with Gasteiger partial charge in [0.15, 0.2) is 0 Å². The van der Waals surface area contributed by atoms with Crippen molar-refractivity contribution in [3.8, 4) is 0 Å². The Bertz CT molecular complexity index is 590. The van der Waals surface area contributed by atoms with E-state index in [0.29, 0.717) is 6.04 Å². The predicted molar refractivity (Wildman–Crippen MR) is 79.2 cm³/mol. The van der Waals surface area contributed by atoms with E-state index in [0.717, 1.165) is 34.9 Å². The Labute approximate surface area is 113 Å². The first kappa shape index (κ1) is 12.2. The zero-order valence-corrected chi connectivity index (χ0v) is 11.5. The monoisotopic (exact) mass is 256 g/mol. The van der Waals surface area contributed by atoms with Gasteiger partial charge in [-0.15, -0.1) is 0 Å². The number of nitrogen functional groups attached to an aromatic ring is 1. The molecular weight excluding hydrogens is 236 g/mol. The van der Waals surface area contributed by atoms with E-state index in [-0.39, 0.29) is 0 Å². The quantitative estimate of drug-likeness (QED) is 0.855. The van der Waals surface area contributed by atoms with Crippen LogP contribution in [-0.2, 0) is 0 Å². The van der Waals surface area contributed by atoms with Gasteiger partial charge in [-0.3, -0.25) is 0 Å². The summed E-state index contributed by atoms with van der Waals surface area (Å²) in [6, 6.07) is 6.26. The maximum Gasteiger partial charge on any atom is 0.140 e. The van der Waals surface area contributed by atoms with Gasteiger partial charge in [0, 0.05) is 23.7 Å². The van der Waals surface area contributed by atoms with E-state index < -0.39 is 0 Å². The third kappa shape index (κ3) is 2.48. The van der Waals surface area contributed by atoms with E-state index in [4.69, 9.17) is 5.73 Å². The van der Waals surface area contributed by atoms with Gasteiger partial charge in [-0.05, 0) is 50.8 Å². The van der Waals surface area contributed by atoms with Crippen molar-refractivity contribution in [2.75, 3.05) is 17.2 Å². The van der Waals surface area contributed by atoms with Gasteiger partial charge in [-0.1, -0.05) is 0 Å². The molecule has 0 bridgehead atoms. The smallest absolute Gasteiger partial charge is 0.140 e. The first-order valence-corrected chi connectivity index (χ1v) is 6.92. The minimum Gasteiger partial charge on any atom is -0.399 e. The number of fused-ring (bicyclic) bond motifs is 1. The molecule has 1 aliphatic carbocycles. The summed E-state index contributed by atoms with van der Waals surface area (Å²) in [6.07, 6.45) is 4.33. The number of rotatable bonds is 4. The molecule has 19 heavy (non-hydrogen) atoms. The third-order valence-corrected chi connectivity index (χ3v) is 3.69. The van der Waals surface area contributed by atoms with Gasteiger partial charge in [0.25, 0.3) is 0 Å². The fourth-order valence-electron chi connectivity index (χ4n) is 2.41. The van der Waals surface area contributed by atoms with Gasteiger partial charge >= 0.3 is 0 Å². The Balaban J connectivity index is 2.07. The van der Waals surface area contributed by atoms with E-state index in [1.54, 1.807) is 6.33 Å². The summed E-state index contributed by atoms with van der Waals surface area (Å²) in [6.45, 7) is 5.50. The second kappa shape index (κ2) is 4.68. The highest BCUT2D eigenvalue weighted by Gasteiger charge is 2.27. The number of benzene rings is 1. The second-order valence-corrected chi connectivity index (χ2v) is 5.66. The molecule has 2 N–H and O–H groups in total. The molecule has 1 fully saturated rings. The molecule has 4 nitrogen and oxygen atoms in total. The van der Waals surface area contributed by atoms with Crippen LogP contribution in [0.25, 0.3) is 10.9 Å². The minimum atomic E-state index is 0.431. The summed E-state index contributed by atoms with van der Waals surface area (Å²) in [7, 11) is 0. The lowest BCUT2D eigenvalue weighted by atomic mass is 10.1. The van der Waals surface area contributed by atoms with Crippen molar-refractivity contribution < 1.29 is 0 Å². The molecule has 3 rings (SSSR count). The molecule has 0 amide bonds. The van der Waals surface area contributed by atoms with Crippen LogP contribution >= 0.6 is 0 Å². The van der Waals surface area contributed by atoms with Crippen molar-refractivity contribution >= 4 is 22.4 Å². The molecule has 2 aromatic rings. The summed E-state index contributed by atoms with van der Waals surface area (Å²) in [5, 5.41) is 1.05. The number of nitrogens with two attached hydrogens (primary N) is 1. The molecule has 1 heterocycles. The third-order valence-electron chi connectivity index (χ3n) is 3.69. The SMILES string of the molecule is CC(C)N(CC1CC1)c1ncnc2ccc(N)cc12. The van der Waals surface area contributed by atoms with Crippen molar-refractivity contribution in [1.82, 2.24) is 9.97 Å². The maximum absolute atomic E-state index is 5.91. The van der Waals surface area contributed by atoms with Gasteiger partial charge in [-0.2, -0.15) is 0 Å². The summed E-state index contributed by atoms with van der Waals surface area (Å²) in [5.74, 6) is 1.84. The fraction of sp³-hybridized carbons (Fsp3) is 0.467. The highest BCUT2D eigenvalue weighted by atomic mass is 15.2. The molecule has 1 aromatic heterocycles. The fourth-order valence-corrected chi connectivity index (χ4v) is 2.41. The lowest BCUT2D eigenvalue weighted by Crippen LogP contribution is -2.33. The molecular formula is C15H20N4. The molecule has 1 aliphatic rings. The molecule has 0 atom stereocenters. The zero-order chi connectivity index (χ0) is 13.4. The molecule has 1 aromatic carbocycles. The Morgan fingerprint density at radius 2 is 2.11 bits per heavy atom. The standard InChI is InChI=1S/C15H20N4/c1-10(2)19(8-11-3-4-11)15-13-7-12(16)5-6-14(13)17-9-18-15/h5-7,9-11H,3-4,8,16H2,1-2H3. The second-order valence-electron chi connectivity index (χ2n) is 5.66. The number of nitrogens with zero attached hydrogens (tertiary/aromatic N) is 3. The summed E-state index contributed by atoms with van der Waals surface area (Å²) >= 11 is 0. The zero-order valence-electron chi connectivity index (χ0n) is 11.5. The lowest BCUT2D eigenvalue weighted by molar-refractivity contribution is 0.638. The van der Waals surface area contributed by atoms with Gasteiger partial charge in [0.05, 0.1) is 5.52 Å². The molecule has 1 saturated carbocycles. The van der Waals surface area contributed by atoms with Crippen molar-refractivity contribution in [3.05, 3.63) is 24.5 Å².